The molecular formula is C35H31F3N6O3. The third-order valence-electron chi connectivity index (χ3n) is 7.48. The van der Waals surface area contributed by atoms with Gasteiger partial charge in [-0.05, 0) is 87.5 Å². The van der Waals surface area contributed by atoms with Crippen LogP contribution in [0.3, 0.4) is 0 Å². The number of nitrogens with zero attached hydrogens (tertiary/aromatic N) is 4. The predicted molar refractivity (Wildman–Crippen MR) is 171 cm³/mol. The lowest BCUT2D eigenvalue weighted by Crippen LogP contribution is -2.46. The van der Waals surface area contributed by atoms with E-state index in [2.05, 4.69) is 25.6 Å². The monoisotopic (exact) mass is 640 g/mol. The van der Waals surface area contributed by atoms with Gasteiger partial charge in [0.1, 0.15) is 5.82 Å². The molecule has 3 amide bonds. The van der Waals surface area contributed by atoms with Crippen molar-refractivity contribution in [1.29, 1.82) is 0 Å². The van der Waals surface area contributed by atoms with E-state index in [0.29, 0.717) is 34.3 Å². The number of rotatable bonds is 9. The molecule has 0 fully saturated rings. The van der Waals surface area contributed by atoms with Crippen LogP contribution in [0.15, 0.2) is 97.3 Å². The minimum Gasteiger partial charge on any atom is -0.338 e. The van der Waals surface area contributed by atoms with Gasteiger partial charge in [-0.15, -0.1) is 0 Å². The number of anilines is 1. The maximum Gasteiger partial charge on any atom is 0.416 e. The SMILES string of the molecule is CCN(C(=O)[C@@H](NC(=O)c1ccc2nc(NC(=O)c3cccnc3-c3ccc(C(F)(F)F)cc3)ccc2c1)c1ccccn1)C(C)C. The highest BCUT2D eigenvalue weighted by Crippen LogP contribution is 2.31. The number of carbonyl (C=O) groups is 3. The van der Waals surface area contributed by atoms with Crippen molar-refractivity contribution >= 4 is 34.4 Å². The summed E-state index contributed by atoms with van der Waals surface area (Å²) in [6.45, 7) is 6.14. The summed E-state index contributed by atoms with van der Waals surface area (Å²) in [6, 6.07) is 19.7. The van der Waals surface area contributed by atoms with Crippen LogP contribution < -0.4 is 10.6 Å². The first-order valence-electron chi connectivity index (χ1n) is 14.8. The number of amides is 3. The van der Waals surface area contributed by atoms with Crippen molar-refractivity contribution < 1.29 is 27.6 Å². The molecule has 2 N–H and O–H groups in total. The maximum atomic E-state index is 13.5. The number of hydrogen-bond acceptors (Lipinski definition) is 6. The first-order valence-corrected chi connectivity index (χ1v) is 14.8. The molecule has 0 unspecified atom stereocenters. The number of carbonyl (C=O) groups excluding carboxylic acids is 3. The molecule has 0 aliphatic heterocycles. The Kier molecular flexibility index (Phi) is 9.59. The number of benzene rings is 2. The van der Waals surface area contributed by atoms with Gasteiger partial charge in [-0.1, -0.05) is 18.2 Å². The second-order valence-electron chi connectivity index (χ2n) is 10.9. The van der Waals surface area contributed by atoms with E-state index in [0.717, 1.165) is 12.1 Å². The standard InChI is InChI=1S/C35H31F3N6O3/c1-4-44(21(2)3)34(47)31(28-9-5-6-18-39-28)43-32(45)24-12-16-27-23(20-24)13-17-29(41-27)42-33(46)26-8-7-19-40-30(26)22-10-14-25(15-11-22)35(36,37)38/h5-21,31H,4H2,1-3H3,(H,43,45)(H,41,42,46)/t31-/m0/s1. The highest BCUT2D eigenvalue weighted by molar-refractivity contribution is 6.08. The fourth-order valence-corrected chi connectivity index (χ4v) is 5.12. The molecule has 5 rings (SSSR count). The van der Waals surface area contributed by atoms with Crippen LogP contribution in [0.1, 0.15) is 58.8 Å². The van der Waals surface area contributed by atoms with Crippen molar-refractivity contribution in [3.63, 3.8) is 0 Å². The van der Waals surface area contributed by atoms with E-state index in [1.807, 2.05) is 20.8 Å². The van der Waals surface area contributed by atoms with Crippen LogP contribution >= 0.6 is 0 Å². The van der Waals surface area contributed by atoms with Crippen molar-refractivity contribution in [1.82, 2.24) is 25.2 Å². The number of nitrogens with one attached hydrogen (secondary N) is 2. The molecule has 3 heterocycles. The molecule has 0 spiro atoms. The number of hydrogen-bond donors (Lipinski definition) is 2. The second kappa shape index (κ2) is 13.8. The second-order valence-corrected chi connectivity index (χ2v) is 10.9. The molecule has 9 nitrogen and oxygen atoms in total. The van der Waals surface area contributed by atoms with E-state index in [1.165, 1.54) is 24.4 Å². The molecule has 0 aliphatic carbocycles. The molecule has 0 saturated heterocycles. The van der Waals surface area contributed by atoms with Crippen molar-refractivity contribution in [3.05, 3.63) is 120 Å². The van der Waals surface area contributed by atoms with Crippen LogP contribution in [0.4, 0.5) is 19.0 Å². The summed E-state index contributed by atoms with van der Waals surface area (Å²) in [6.07, 6.45) is -1.47. The summed E-state index contributed by atoms with van der Waals surface area (Å²) >= 11 is 0. The third kappa shape index (κ3) is 7.43. The first kappa shape index (κ1) is 32.7. The van der Waals surface area contributed by atoms with Gasteiger partial charge in [-0.2, -0.15) is 13.2 Å². The summed E-state index contributed by atoms with van der Waals surface area (Å²) < 4.78 is 39.1. The van der Waals surface area contributed by atoms with Crippen LogP contribution in [0.5, 0.6) is 0 Å². The Hall–Kier alpha value is -5.65. The number of fused-ring (bicyclic) bond motifs is 1. The van der Waals surface area contributed by atoms with Gasteiger partial charge in [-0.3, -0.25) is 24.4 Å². The number of likely N-dealkylation sites (N-methyl/N-ethyl adjacent to an activating group) is 1. The molecule has 240 valence electrons. The minimum atomic E-state index is -4.49. The minimum absolute atomic E-state index is 0.0772. The highest BCUT2D eigenvalue weighted by Gasteiger charge is 2.31. The van der Waals surface area contributed by atoms with Gasteiger partial charge in [0.05, 0.1) is 28.0 Å². The Labute approximate surface area is 268 Å². The third-order valence-corrected chi connectivity index (χ3v) is 7.48. The molecule has 0 radical (unpaired) electrons. The van der Waals surface area contributed by atoms with Crippen molar-refractivity contribution in [2.45, 2.75) is 39.0 Å². The molecule has 3 aromatic heterocycles. The van der Waals surface area contributed by atoms with Crippen molar-refractivity contribution in [3.8, 4) is 11.3 Å². The lowest BCUT2D eigenvalue weighted by molar-refractivity contribution is -0.137. The van der Waals surface area contributed by atoms with E-state index in [1.54, 1.807) is 65.7 Å². The van der Waals surface area contributed by atoms with Crippen molar-refractivity contribution in [2.24, 2.45) is 0 Å². The molecular weight excluding hydrogens is 609 g/mol. The van der Waals surface area contributed by atoms with Gasteiger partial charge in [0, 0.05) is 41.5 Å². The summed E-state index contributed by atoms with van der Waals surface area (Å²) in [5.41, 5.74) is 1.12. The van der Waals surface area contributed by atoms with Crippen LogP contribution in [-0.2, 0) is 11.0 Å². The lowest BCUT2D eigenvalue weighted by atomic mass is 10.0. The van der Waals surface area contributed by atoms with E-state index in [9.17, 15) is 27.6 Å². The Balaban J connectivity index is 1.34. The molecule has 47 heavy (non-hydrogen) atoms. The average molecular weight is 641 g/mol. The topological polar surface area (TPSA) is 117 Å². The number of alkyl halides is 3. The Morgan fingerprint density at radius 2 is 1.60 bits per heavy atom. The number of halogens is 3. The van der Waals surface area contributed by atoms with Gasteiger partial charge < -0.3 is 15.5 Å². The van der Waals surface area contributed by atoms with Gasteiger partial charge in [0.15, 0.2) is 6.04 Å². The van der Waals surface area contributed by atoms with Gasteiger partial charge in [-0.25, -0.2) is 4.98 Å². The molecule has 0 saturated carbocycles. The Bertz CT molecular complexity index is 1910. The van der Waals surface area contributed by atoms with Crippen LogP contribution in [-0.4, -0.2) is 50.2 Å². The zero-order chi connectivity index (χ0) is 33.7. The lowest BCUT2D eigenvalue weighted by Gasteiger charge is -2.29. The predicted octanol–water partition coefficient (Wildman–Crippen LogP) is 6.69. The van der Waals surface area contributed by atoms with Crippen LogP contribution in [0.2, 0.25) is 0 Å². The molecule has 2 aromatic carbocycles. The summed E-state index contributed by atoms with van der Waals surface area (Å²) in [7, 11) is 0. The van der Waals surface area contributed by atoms with Gasteiger partial charge in [0.25, 0.3) is 17.7 Å². The van der Waals surface area contributed by atoms with E-state index in [-0.39, 0.29) is 29.0 Å². The molecule has 1 atom stereocenters. The quantitative estimate of drug-likeness (QED) is 0.185. The largest absolute Gasteiger partial charge is 0.416 e. The Morgan fingerprint density at radius 1 is 0.851 bits per heavy atom. The highest BCUT2D eigenvalue weighted by atomic mass is 19.4. The summed E-state index contributed by atoms with van der Waals surface area (Å²) in [5.74, 6) is -1.08. The van der Waals surface area contributed by atoms with Crippen molar-refractivity contribution in [2.75, 3.05) is 11.9 Å². The average Bonchev–Trinajstić information content (AvgIpc) is 3.07. The van der Waals surface area contributed by atoms with E-state index >= 15 is 0 Å². The van der Waals surface area contributed by atoms with E-state index in [4.69, 9.17) is 0 Å². The molecule has 12 heteroatoms. The van der Waals surface area contributed by atoms with E-state index < -0.39 is 29.6 Å². The number of pyridine rings is 3. The zero-order valence-corrected chi connectivity index (χ0v) is 25.7. The molecule has 0 bridgehead atoms. The first-order chi connectivity index (χ1) is 22.5. The van der Waals surface area contributed by atoms with Crippen LogP contribution in [0.25, 0.3) is 22.2 Å². The maximum absolute atomic E-state index is 13.5. The summed E-state index contributed by atoms with van der Waals surface area (Å²) in [5, 5.41) is 6.17. The van der Waals surface area contributed by atoms with Crippen LogP contribution in [0, 0.1) is 0 Å². The Morgan fingerprint density at radius 3 is 2.26 bits per heavy atom. The zero-order valence-electron chi connectivity index (χ0n) is 25.7. The summed E-state index contributed by atoms with van der Waals surface area (Å²) in [4.78, 5) is 54.8. The van der Waals surface area contributed by atoms with Gasteiger partial charge >= 0.3 is 6.18 Å². The molecule has 5 aromatic rings. The smallest absolute Gasteiger partial charge is 0.338 e. The fraction of sp³-hybridized carbons (Fsp3) is 0.200. The normalized spacial score (nSPS) is 12.1. The fourth-order valence-electron chi connectivity index (χ4n) is 5.12. The van der Waals surface area contributed by atoms with Gasteiger partial charge in [0.2, 0.25) is 0 Å². The number of aromatic nitrogens is 3. The molecule has 0 aliphatic rings.